The highest BCUT2D eigenvalue weighted by molar-refractivity contribution is 9.08. The molecule has 0 saturated heterocycles. The predicted octanol–water partition coefficient (Wildman–Crippen LogP) is 5.00. The fourth-order valence-electron chi connectivity index (χ4n) is 1.76. The molecule has 1 nitrogen and oxygen atoms in total. The van der Waals surface area contributed by atoms with Crippen LogP contribution in [0, 0.1) is 5.82 Å². The average Bonchev–Trinajstić information content (AvgIpc) is 2.81. The van der Waals surface area contributed by atoms with Gasteiger partial charge < -0.3 is 0 Å². The van der Waals surface area contributed by atoms with Gasteiger partial charge in [0.1, 0.15) is 10.8 Å². The summed E-state index contributed by atoms with van der Waals surface area (Å²) in [7, 11) is 0. The van der Waals surface area contributed by atoms with Crippen LogP contribution in [0.1, 0.15) is 5.56 Å². The molecule has 0 unspecified atom stereocenters. The molecule has 1 heterocycles. The second kappa shape index (κ2) is 4.78. The van der Waals surface area contributed by atoms with Gasteiger partial charge in [-0.15, -0.1) is 11.3 Å². The Hall–Kier alpha value is -1.26. The average molecular weight is 322 g/mol. The van der Waals surface area contributed by atoms with Crippen LogP contribution < -0.4 is 0 Å². The van der Waals surface area contributed by atoms with Gasteiger partial charge in [-0.1, -0.05) is 40.2 Å². The van der Waals surface area contributed by atoms with Crippen LogP contribution in [0.4, 0.5) is 4.39 Å². The minimum Gasteiger partial charge on any atom is -0.236 e. The Morgan fingerprint density at radius 3 is 2.61 bits per heavy atom. The fraction of sp³-hybridized carbons (Fsp3) is 0.0714. The molecule has 0 bridgehead atoms. The molecule has 0 aliphatic heterocycles. The van der Waals surface area contributed by atoms with Crippen molar-refractivity contribution in [2.45, 2.75) is 5.33 Å². The van der Waals surface area contributed by atoms with Crippen LogP contribution in [0.15, 0.2) is 42.5 Å². The maximum atomic E-state index is 13.1. The van der Waals surface area contributed by atoms with E-state index < -0.39 is 0 Å². The summed E-state index contributed by atoms with van der Waals surface area (Å²) < 4.78 is 14.0. The first-order chi connectivity index (χ1) is 8.76. The second-order valence-corrected chi connectivity index (χ2v) is 5.55. The van der Waals surface area contributed by atoms with E-state index in [-0.39, 0.29) is 5.82 Å². The highest BCUT2D eigenvalue weighted by Crippen LogP contribution is 2.30. The number of aromatic nitrogens is 1. The van der Waals surface area contributed by atoms with E-state index in [1.54, 1.807) is 6.07 Å². The lowest BCUT2D eigenvalue weighted by Gasteiger charge is -1.97. The van der Waals surface area contributed by atoms with Gasteiger partial charge in [0.05, 0.1) is 10.2 Å². The number of alkyl halides is 1. The molecule has 0 fully saturated rings. The summed E-state index contributed by atoms with van der Waals surface area (Å²) in [6.45, 7) is 0. The zero-order valence-corrected chi connectivity index (χ0v) is 11.8. The zero-order chi connectivity index (χ0) is 12.5. The quantitative estimate of drug-likeness (QED) is 0.605. The normalized spacial score (nSPS) is 11.0. The molecule has 4 heteroatoms. The van der Waals surface area contributed by atoms with E-state index >= 15 is 0 Å². The van der Waals surface area contributed by atoms with Gasteiger partial charge in [-0.05, 0) is 23.8 Å². The molecule has 0 atom stereocenters. The SMILES string of the molecule is Fc1ccc2nc(-c3ccc(CBr)cc3)sc2c1. The van der Waals surface area contributed by atoms with Crippen LogP contribution in [0.3, 0.4) is 0 Å². The Balaban J connectivity index is 2.07. The summed E-state index contributed by atoms with van der Waals surface area (Å²) in [6.07, 6.45) is 0. The van der Waals surface area contributed by atoms with Crippen molar-refractivity contribution in [2.24, 2.45) is 0 Å². The van der Waals surface area contributed by atoms with E-state index in [1.807, 2.05) is 12.1 Å². The zero-order valence-electron chi connectivity index (χ0n) is 9.36. The first-order valence-electron chi connectivity index (χ1n) is 5.47. The van der Waals surface area contributed by atoms with Crippen LogP contribution in [0.2, 0.25) is 0 Å². The number of rotatable bonds is 2. The van der Waals surface area contributed by atoms with E-state index in [4.69, 9.17) is 0 Å². The predicted molar refractivity (Wildman–Crippen MR) is 77.6 cm³/mol. The Bertz CT molecular complexity index is 691. The van der Waals surface area contributed by atoms with Gasteiger partial charge in [0.15, 0.2) is 0 Å². The van der Waals surface area contributed by atoms with E-state index in [0.29, 0.717) is 0 Å². The van der Waals surface area contributed by atoms with E-state index in [9.17, 15) is 4.39 Å². The first-order valence-corrected chi connectivity index (χ1v) is 7.41. The van der Waals surface area contributed by atoms with Crippen molar-refractivity contribution in [3.8, 4) is 10.6 Å². The molecule has 90 valence electrons. The number of fused-ring (bicyclic) bond motifs is 1. The van der Waals surface area contributed by atoms with Gasteiger partial charge in [0.25, 0.3) is 0 Å². The third-order valence-electron chi connectivity index (χ3n) is 2.71. The summed E-state index contributed by atoms with van der Waals surface area (Å²) in [5.41, 5.74) is 3.15. The van der Waals surface area contributed by atoms with Crippen LogP contribution in [0.25, 0.3) is 20.8 Å². The lowest BCUT2D eigenvalue weighted by molar-refractivity contribution is 0.630. The fourth-order valence-corrected chi connectivity index (χ4v) is 3.13. The molecule has 0 aliphatic carbocycles. The van der Waals surface area contributed by atoms with Gasteiger partial charge in [0.2, 0.25) is 0 Å². The van der Waals surface area contributed by atoms with Crippen molar-refractivity contribution in [1.82, 2.24) is 4.98 Å². The van der Waals surface area contributed by atoms with E-state index in [0.717, 1.165) is 26.1 Å². The highest BCUT2D eigenvalue weighted by atomic mass is 79.9. The third kappa shape index (κ3) is 2.18. The van der Waals surface area contributed by atoms with Crippen molar-refractivity contribution >= 4 is 37.5 Å². The smallest absolute Gasteiger partial charge is 0.124 e. The molecule has 0 amide bonds. The van der Waals surface area contributed by atoms with Gasteiger partial charge in [-0.3, -0.25) is 0 Å². The van der Waals surface area contributed by atoms with Crippen molar-refractivity contribution < 1.29 is 4.39 Å². The summed E-state index contributed by atoms with van der Waals surface area (Å²) in [4.78, 5) is 4.52. The summed E-state index contributed by atoms with van der Waals surface area (Å²) in [5, 5.41) is 1.77. The van der Waals surface area contributed by atoms with Crippen LogP contribution in [0.5, 0.6) is 0 Å². The highest BCUT2D eigenvalue weighted by Gasteiger charge is 2.06. The topological polar surface area (TPSA) is 12.9 Å². The lowest BCUT2D eigenvalue weighted by atomic mass is 10.2. The molecule has 0 radical (unpaired) electrons. The third-order valence-corrected chi connectivity index (χ3v) is 4.42. The van der Waals surface area contributed by atoms with E-state index in [2.05, 4.69) is 33.0 Å². The number of thiazole rings is 1. The van der Waals surface area contributed by atoms with Crippen molar-refractivity contribution in [3.05, 3.63) is 53.8 Å². The molecular weight excluding hydrogens is 313 g/mol. The number of hydrogen-bond acceptors (Lipinski definition) is 2. The largest absolute Gasteiger partial charge is 0.236 e. The molecule has 3 aromatic rings. The van der Waals surface area contributed by atoms with Gasteiger partial charge in [-0.25, -0.2) is 9.37 Å². The maximum Gasteiger partial charge on any atom is 0.124 e. The van der Waals surface area contributed by atoms with Gasteiger partial charge in [-0.2, -0.15) is 0 Å². The summed E-state index contributed by atoms with van der Waals surface area (Å²) in [5.74, 6) is -0.215. The molecule has 0 aliphatic rings. The number of benzene rings is 2. The first kappa shape index (κ1) is 11.8. The Kier molecular flexibility index (Phi) is 3.14. The molecule has 0 N–H and O–H groups in total. The van der Waals surface area contributed by atoms with Gasteiger partial charge >= 0.3 is 0 Å². The maximum absolute atomic E-state index is 13.1. The molecule has 3 rings (SSSR count). The van der Waals surface area contributed by atoms with Crippen molar-refractivity contribution in [3.63, 3.8) is 0 Å². The molecule has 2 aromatic carbocycles. The van der Waals surface area contributed by atoms with Gasteiger partial charge in [0, 0.05) is 10.9 Å². The molecule has 0 spiro atoms. The van der Waals surface area contributed by atoms with Crippen molar-refractivity contribution in [2.75, 3.05) is 0 Å². The molecule has 1 aromatic heterocycles. The lowest BCUT2D eigenvalue weighted by Crippen LogP contribution is -1.79. The molecule has 0 saturated carbocycles. The Labute approximate surface area is 116 Å². The second-order valence-electron chi connectivity index (χ2n) is 3.96. The number of hydrogen-bond donors (Lipinski definition) is 0. The van der Waals surface area contributed by atoms with Crippen LogP contribution in [-0.4, -0.2) is 4.98 Å². The van der Waals surface area contributed by atoms with Crippen LogP contribution >= 0.6 is 27.3 Å². The molecule has 18 heavy (non-hydrogen) atoms. The number of nitrogens with zero attached hydrogens (tertiary/aromatic N) is 1. The molecular formula is C14H9BrFNS. The summed E-state index contributed by atoms with van der Waals surface area (Å²) >= 11 is 4.93. The van der Waals surface area contributed by atoms with Crippen molar-refractivity contribution in [1.29, 1.82) is 0 Å². The Morgan fingerprint density at radius 2 is 1.89 bits per heavy atom. The monoisotopic (exact) mass is 321 g/mol. The standard InChI is InChI=1S/C14H9BrFNS/c15-8-9-1-3-10(4-2-9)14-17-12-6-5-11(16)7-13(12)18-14/h1-7H,8H2. The summed E-state index contributed by atoms with van der Waals surface area (Å²) in [6, 6.07) is 12.9. The van der Waals surface area contributed by atoms with E-state index in [1.165, 1.54) is 29.0 Å². The Morgan fingerprint density at radius 1 is 1.11 bits per heavy atom. The number of halogens is 2. The minimum absolute atomic E-state index is 0.215. The van der Waals surface area contributed by atoms with Crippen LogP contribution in [-0.2, 0) is 5.33 Å². The minimum atomic E-state index is -0.215.